The summed E-state index contributed by atoms with van der Waals surface area (Å²) in [6.45, 7) is 3.75. The Kier molecular flexibility index (Phi) is 6.31. The fourth-order valence-corrected chi connectivity index (χ4v) is 1.53. The van der Waals surface area contributed by atoms with Crippen LogP contribution in [0.2, 0.25) is 0 Å². The Morgan fingerprint density at radius 3 is 2.35 bits per heavy atom. The lowest BCUT2D eigenvalue weighted by Crippen LogP contribution is -2.30. The molecule has 1 aromatic rings. The van der Waals surface area contributed by atoms with Gasteiger partial charge in [0, 0.05) is 5.56 Å². The van der Waals surface area contributed by atoms with E-state index in [0.29, 0.717) is 11.3 Å². The molecule has 1 rings (SSSR count). The molecule has 98 valence electrons. The average Bonchev–Trinajstić information content (AvgIpc) is 2.27. The van der Waals surface area contributed by atoms with E-state index in [9.17, 15) is 10.2 Å². The van der Waals surface area contributed by atoms with Crippen LogP contribution in [0, 0.1) is 5.92 Å². The van der Waals surface area contributed by atoms with Crippen molar-refractivity contribution < 1.29 is 14.9 Å². The molecule has 0 heterocycles. The van der Waals surface area contributed by atoms with Gasteiger partial charge in [0.05, 0.1) is 19.3 Å². The van der Waals surface area contributed by atoms with Gasteiger partial charge in [0.25, 0.3) is 0 Å². The molecule has 0 saturated heterocycles. The van der Waals surface area contributed by atoms with Crippen molar-refractivity contribution in [2.75, 3.05) is 7.11 Å². The van der Waals surface area contributed by atoms with Gasteiger partial charge in [-0.25, -0.2) is 0 Å². The Labute approximate surface area is 108 Å². The third-order valence-corrected chi connectivity index (χ3v) is 2.64. The molecular weight excluding hydrogens is 242 g/mol. The number of halogens is 1. The zero-order valence-corrected chi connectivity index (χ0v) is 11.1. The van der Waals surface area contributed by atoms with Crippen LogP contribution < -0.4 is 10.5 Å². The molecule has 0 radical (unpaired) electrons. The molecule has 0 bridgehead atoms. The smallest absolute Gasteiger partial charge is 0.120 e. The molecule has 0 amide bonds. The number of ether oxygens (including phenoxy) is 1. The molecule has 4 nitrogen and oxygen atoms in total. The van der Waals surface area contributed by atoms with Gasteiger partial charge in [-0.05, 0) is 24.1 Å². The van der Waals surface area contributed by atoms with Gasteiger partial charge in [0.2, 0.25) is 0 Å². The zero-order chi connectivity index (χ0) is 12.3. The highest BCUT2D eigenvalue weighted by Crippen LogP contribution is 2.30. The Bertz CT molecular complexity index is 358. The molecule has 4 N–H and O–H groups in total. The Balaban J connectivity index is 0.00000256. The van der Waals surface area contributed by atoms with E-state index < -0.39 is 12.1 Å². The first-order valence-electron chi connectivity index (χ1n) is 5.28. The number of hydrogen-bond donors (Lipinski definition) is 3. The first-order chi connectivity index (χ1) is 7.47. The number of phenolic OH excluding ortho intramolecular Hbond substituents is 1. The van der Waals surface area contributed by atoms with Gasteiger partial charge in [-0.15, -0.1) is 12.4 Å². The molecule has 0 unspecified atom stereocenters. The van der Waals surface area contributed by atoms with Crippen LogP contribution >= 0.6 is 12.4 Å². The van der Waals surface area contributed by atoms with E-state index in [1.54, 1.807) is 19.2 Å². The molecular formula is C12H20ClNO3. The molecule has 0 aromatic heterocycles. The van der Waals surface area contributed by atoms with Crippen LogP contribution in [0.5, 0.6) is 11.5 Å². The van der Waals surface area contributed by atoms with Crippen molar-refractivity contribution in [3.63, 3.8) is 0 Å². The third kappa shape index (κ3) is 3.77. The zero-order valence-electron chi connectivity index (χ0n) is 10.3. The number of rotatable bonds is 4. The lowest BCUT2D eigenvalue weighted by Gasteiger charge is -2.23. The molecule has 0 aliphatic heterocycles. The fraction of sp³-hybridized carbons (Fsp3) is 0.500. The number of phenols is 1. The standard InChI is InChI=1S/C12H19NO3.ClH/c1-7(2)12(15)11(13)9-6-8(16-3)4-5-10(9)14;/h4-7,11-12,14-15H,13H2,1-3H3;1H/t11-,12+;/m0./s1. The summed E-state index contributed by atoms with van der Waals surface area (Å²) in [6.07, 6.45) is -0.696. The van der Waals surface area contributed by atoms with Gasteiger partial charge in [-0.3, -0.25) is 0 Å². The largest absolute Gasteiger partial charge is 0.508 e. The van der Waals surface area contributed by atoms with Crippen LogP contribution in [0.15, 0.2) is 18.2 Å². The topological polar surface area (TPSA) is 75.7 Å². The molecule has 0 fully saturated rings. The predicted molar refractivity (Wildman–Crippen MR) is 69.7 cm³/mol. The van der Waals surface area contributed by atoms with Gasteiger partial charge in [-0.1, -0.05) is 13.8 Å². The molecule has 0 saturated carbocycles. The molecule has 2 atom stereocenters. The number of hydrogen-bond acceptors (Lipinski definition) is 4. The van der Waals surface area contributed by atoms with E-state index >= 15 is 0 Å². The van der Waals surface area contributed by atoms with Gasteiger partial charge in [0.1, 0.15) is 11.5 Å². The minimum atomic E-state index is -0.696. The lowest BCUT2D eigenvalue weighted by molar-refractivity contribution is 0.0969. The number of nitrogens with two attached hydrogens (primary N) is 1. The van der Waals surface area contributed by atoms with Gasteiger partial charge >= 0.3 is 0 Å². The lowest BCUT2D eigenvalue weighted by atomic mass is 9.94. The van der Waals surface area contributed by atoms with Crippen molar-refractivity contribution in [3.05, 3.63) is 23.8 Å². The van der Waals surface area contributed by atoms with E-state index in [-0.39, 0.29) is 24.1 Å². The summed E-state index contributed by atoms with van der Waals surface area (Å²) in [5.74, 6) is 0.716. The SMILES string of the molecule is COc1ccc(O)c([C@H](N)[C@H](O)C(C)C)c1.Cl. The summed E-state index contributed by atoms with van der Waals surface area (Å²) in [4.78, 5) is 0. The van der Waals surface area contributed by atoms with Crippen LogP contribution in [0.3, 0.4) is 0 Å². The highest BCUT2D eigenvalue weighted by Gasteiger charge is 2.22. The molecule has 5 heteroatoms. The van der Waals surface area contributed by atoms with Crippen molar-refractivity contribution in [1.82, 2.24) is 0 Å². The van der Waals surface area contributed by atoms with E-state index in [1.165, 1.54) is 6.07 Å². The minimum Gasteiger partial charge on any atom is -0.508 e. The van der Waals surface area contributed by atoms with Gasteiger partial charge < -0.3 is 20.7 Å². The van der Waals surface area contributed by atoms with Crippen LogP contribution in [0.4, 0.5) is 0 Å². The van der Waals surface area contributed by atoms with E-state index in [0.717, 1.165) is 0 Å². The maximum absolute atomic E-state index is 9.86. The summed E-state index contributed by atoms with van der Waals surface area (Å²) in [6, 6.07) is 4.19. The predicted octanol–water partition coefficient (Wildman–Crippen LogP) is 1.84. The summed E-state index contributed by atoms with van der Waals surface area (Å²) < 4.78 is 5.05. The van der Waals surface area contributed by atoms with Crippen molar-refractivity contribution >= 4 is 12.4 Å². The number of methoxy groups -OCH3 is 1. The van der Waals surface area contributed by atoms with Gasteiger partial charge in [-0.2, -0.15) is 0 Å². The number of aliphatic hydroxyl groups is 1. The maximum Gasteiger partial charge on any atom is 0.120 e. The van der Waals surface area contributed by atoms with Gasteiger partial charge in [0.15, 0.2) is 0 Å². The van der Waals surface area contributed by atoms with Crippen LogP contribution in [-0.2, 0) is 0 Å². The van der Waals surface area contributed by atoms with Crippen molar-refractivity contribution in [1.29, 1.82) is 0 Å². The number of benzene rings is 1. The maximum atomic E-state index is 9.86. The Morgan fingerprint density at radius 2 is 1.88 bits per heavy atom. The molecule has 1 aromatic carbocycles. The van der Waals surface area contributed by atoms with Crippen LogP contribution in [0.1, 0.15) is 25.5 Å². The van der Waals surface area contributed by atoms with E-state index in [4.69, 9.17) is 10.5 Å². The van der Waals surface area contributed by atoms with Crippen LogP contribution in [0.25, 0.3) is 0 Å². The summed E-state index contributed by atoms with van der Waals surface area (Å²) in [7, 11) is 1.54. The quantitative estimate of drug-likeness (QED) is 0.773. The Hall–Kier alpha value is -0.970. The number of aromatic hydroxyl groups is 1. The summed E-state index contributed by atoms with van der Waals surface area (Å²) in [5.41, 5.74) is 6.40. The first kappa shape index (κ1) is 16.0. The summed E-state index contributed by atoms with van der Waals surface area (Å²) >= 11 is 0. The summed E-state index contributed by atoms with van der Waals surface area (Å²) in [5, 5.41) is 19.5. The van der Waals surface area contributed by atoms with Crippen molar-refractivity contribution in [2.45, 2.75) is 26.0 Å². The van der Waals surface area contributed by atoms with Crippen molar-refractivity contribution in [2.24, 2.45) is 11.7 Å². The fourth-order valence-electron chi connectivity index (χ4n) is 1.53. The monoisotopic (exact) mass is 261 g/mol. The highest BCUT2D eigenvalue weighted by atomic mass is 35.5. The molecule has 17 heavy (non-hydrogen) atoms. The van der Waals surface area contributed by atoms with E-state index in [1.807, 2.05) is 13.8 Å². The normalized spacial score (nSPS) is 14.0. The third-order valence-electron chi connectivity index (χ3n) is 2.64. The molecule has 0 spiro atoms. The Morgan fingerprint density at radius 1 is 1.29 bits per heavy atom. The highest BCUT2D eigenvalue weighted by molar-refractivity contribution is 5.85. The first-order valence-corrected chi connectivity index (χ1v) is 5.28. The minimum absolute atomic E-state index is 0. The number of aliphatic hydroxyl groups excluding tert-OH is 1. The van der Waals surface area contributed by atoms with Crippen LogP contribution in [-0.4, -0.2) is 23.4 Å². The van der Waals surface area contributed by atoms with E-state index in [2.05, 4.69) is 0 Å². The average molecular weight is 262 g/mol. The molecule has 0 aliphatic carbocycles. The molecule has 0 aliphatic rings. The van der Waals surface area contributed by atoms with Crippen molar-refractivity contribution in [3.8, 4) is 11.5 Å². The second kappa shape index (κ2) is 6.69. The second-order valence-corrected chi connectivity index (χ2v) is 4.19. The second-order valence-electron chi connectivity index (χ2n) is 4.19.